The Morgan fingerprint density at radius 3 is 2.55 bits per heavy atom. The van der Waals surface area contributed by atoms with Crippen LogP contribution in [0.15, 0.2) is 54.6 Å². The molecule has 2 aliphatic rings. The molecule has 0 saturated carbocycles. The molecule has 172 valence electrons. The van der Waals surface area contributed by atoms with Crippen molar-refractivity contribution in [2.24, 2.45) is 0 Å². The molecule has 2 saturated heterocycles. The lowest BCUT2D eigenvalue weighted by Crippen LogP contribution is -2.58. The molecule has 0 bridgehead atoms. The molecule has 0 aliphatic carbocycles. The maximum absolute atomic E-state index is 13.1. The molecule has 8 nitrogen and oxygen atoms in total. The molecule has 0 radical (unpaired) electrons. The van der Waals surface area contributed by atoms with E-state index in [1.807, 2.05) is 61.5 Å². The lowest BCUT2D eigenvalue weighted by Gasteiger charge is -2.35. The Kier molecular flexibility index (Phi) is 6.72. The second-order valence-electron chi connectivity index (χ2n) is 8.36. The molecule has 2 aliphatic heterocycles. The molecule has 5 amide bonds. The molecule has 2 aromatic rings. The predicted octanol–water partition coefficient (Wildman–Crippen LogP) is 1.94. The number of amides is 5. The minimum atomic E-state index is -0.886. The highest BCUT2D eigenvalue weighted by atomic mass is 16.2. The van der Waals surface area contributed by atoms with Crippen LogP contribution < -0.4 is 10.6 Å². The van der Waals surface area contributed by atoms with E-state index in [2.05, 4.69) is 10.6 Å². The van der Waals surface area contributed by atoms with Crippen LogP contribution in [-0.2, 0) is 20.8 Å². The molecule has 2 heterocycles. The van der Waals surface area contributed by atoms with Crippen molar-refractivity contribution in [1.29, 1.82) is 0 Å². The largest absolute Gasteiger partial charge is 0.353 e. The molecule has 0 unspecified atom stereocenters. The minimum absolute atomic E-state index is 0.154. The van der Waals surface area contributed by atoms with Crippen molar-refractivity contribution in [3.05, 3.63) is 60.2 Å². The quantitative estimate of drug-likeness (QED) is 0.633. The van der Waals surface area contributed by atoms with E-state index in [1.54, 1.807) is 0 Å². The molecule has 0 spiro atoms. The van der Waals surface area contributed by atoms with E-state index < -0.39 is 18.1 Å². The summed E-state index contributed by atoms with van der Waals surface area (Å²) in [6, 6.07) is 15.9. The van der Waals surface area contributed by atoms with Crippen molar-refractivity contribution in [3.63, 3.8) is 0 Å². The molecule has 33 heavy (non-hydrogen) atoms. The Morgan fingerprint density at radius 2 is 1.79 bits per heavy atom. The van der Waals surface area contributed by atoms with Gasteiger partial charge < -0.3 is 15.5 Å². The fraction of sp³-hybridized carbons (Fsp3) is 0.360. The van der Waals surface area contributed by atoms with Crippen LogP contribution in [0.25, 0.3) is 11.1 Å². The first-order chi connectivity index (χ1) is 16.0. The van der Waals surface area contributed by atoms with Crippen LogP contribution in [-0.4, -0.2) is 65.3 Å². The lowest BCUT2D eigenvalue weighted by atomic mass is 9.97. The van der Waals surface area contributed by atoms with Crippen molar-refractivity contribution in [3.8, 4) is 11.1 Å². The highest BCUT2D eigenvalue weighted by Crippen LogP contribution is 2.22. The number of carbonyl (C=O) groups is 4. The lowest BCUT2D eigenvalue weighted by molar-refractivity contribution is -0.144. The number of imide groups is 1. The number of nitrogens with one attached hydrogen (secondary N) is 2. The standard InChI is InChI=1S/C25H28N4O4/c1-2-12-29-24(32)20(27-25(29)33)16-22(30)28-13-11-26-23(31)21(28)15-17-7-6-10-19(14-17)18-8-4-3-5-9-18/h3-10,14,20-21H,2,11-13,15-16H2,1H3,(H,26,31)(H,27,33)/t20-,21+/m0/s1. The summed E-state index contributed by atoms with van der Waals surface area (Å²) < 4.78 is 0. The van der Waals surface area contributed by atoms with Crippen LogP contribution in [0, 0.1) is 0 Å². The van der Waals surface area contributed by atoms with E-state index in [4.69, 9.17) is 0 Å². The van der Waals surface area contributed by atoms with Crippen LogP contribution in [0.3, 0.4) is 0 Å². The highest BCUT2D eigenvalue weighted by Gasteiger charge is 2.41. The maximum Gasteiger partial charge on any atom is 0.324 e. The van der Waals surface area contributed by atoms with Crippen molar-refractivity contribution in [2.75, 3.05) is 19.6 Å². The summed E-state index contributed by atoms with van der Waals surface area (Å²) in [5.41, 5.74) is 3.06. The Morgan fingerprint density at radius 1 is 1.03 bits per heavy atom. The number of rotatable bonds is 7. The number of hydrogen-bond donors (Lipinski definition) is 2. The van der Waals surface area contributed by atoms with Crippen LogP contribution in [0.2, 0.25) is 0 Å². The van der Waals surface area contributed by atoms with Gasteiger partial charge in [0.2, 0.25) is 11.8 Å². The van der Waals surface area contributed by atoms with Gasteiger partial charge in [0.05, 0.1) is 6.42 Å². The Bertz CT molecular complexity index is 1060. The molecule has 2 atom stereocenters. The molecule has 8 heteroatoms. The van der Waals surface area contributed by atoms with Crippen molar-refractivity contribution in [2.45, 2.75) is 38.3 Å². The topological polar surface area (TPSA) is 98.8 Å². The molecule has 2 N–H and O–H groups in total. The molecular weight excluding hydrogens is 420 g/mol. The zero-order chi connectivity index (χ0) is 23.4. The summed E-state index contributed by atoms with van der Waals surface area (Å²) in [6.07, 6.45) is 0.861. The van der Waals surface area contributed by atoms with Gasteiger partial charge in [-0.1, -0.05) is 61.5 Å². The summed E-state index contributed by atoms with van der Waals surface area (Å²) >= 11 is 0. The summed E-state index contributed by atoms with van der Waals surface area (Å²) in [6.45, 7) is 2.92. The SMILES string of the molecule is CCCN1C(=O)N[C@@H](CC(=O)N2CCNC(=O)[C@H]2Cc2cccc(-c3ccccc3)c2)C1=O. The molecule has 2 fully saturated rings. The van der Waals surface area contributed by atoms with Gasteiger partial charge in [-0.3, -0.25) is 19.3 Å². The van der Waals surface area contributed by atoms with E-state index in [0.29, 0.717) is 32.5 Å². The van der Waals surface area contributed by atoms with Crippen molar-refractivity contribution < 1.29 is 19.2 Å². The van der Waals surface area contributed by atoms with Crippen LogP contribution in [0.5, 0.6) is 0 Å². The third kappa shape index (κ3) is 4.89. The first-order valence-electron chi connectivity index (χ1n) is 11.3. The van der Waals surface area contributed by atoms with Gasteiger partial charge in [0.25, 0.3) is 5.91 Å². The van der Waals surface area contributed by atoms with Gasteiger partial charge in [-0.15, -0.1) is 0 Å². The van der Waals surface area contributed by atoms with E-state index in [1.165, 1.54) is 4.90 Å². The van der Waals surface area contributed by atoms with Gasteiger partial charge in [0.1, 0.15) is 12.1 Å². The molecule has 0 aromatic heterocycles. The van der Waals surface area contributed by atoms with Gasteiger partial charge >= 0.3 is 6.03 Å². The molecule has 4 rings (SSSR count). The van der Waals surface area contributed by atoms with Gasteiger partial charge in [-0.25, -0.2) is 4.79 Å². The van der Waals surface area contributed by atoms with E-state index >= 15 is 0 Å². The Labute approximate surface area is 192 Å². The minimum Gasteiger partial charge on any atom is -0.353 e. The van der Waals surface area contributed by atoms with Crippen LogP contribution in [0.4, 0.5) is 4.79 Å². The average Bonchev–Trinajstić information content (AvgIpc) is 3.08. The van der Waals surface area contributed by atoms with Crippen LogP contribution in [0.1, 0.15) is 25.3 Å². The van der Waals surface area contributed by atoms with Crippen molar-refractivity contribution in [1.82, 2.24) is 20.4 Å². The summed E-state index contributed by atoms with van der Waals surface area (Å²) in [4.78, 5) is 53.1. The third-order valence-corrected chi connectivity index (χ3v) is 6.05. The summed E-state index contributed by atoms with van der Waals surface area (Å²) in [7, 11) is 0. The average molecular weight is 449 g/mol. The zero-order valence-electron chi connectivity index (χ0n) is 18.6. The number of hydrogen-bond acceptors (Lipinski definition) is 4. The zero-order valence-corrected chi connectivity index (χ0v) is 18.6. The number of urea groups is 1. The van der Waals surface area contributed by atoms with E-state index in [0.717, 1.165) is 21.6 Å². The number of benzene rings is 2. The monoisotopic (exact) mass is 448 g/mol. The third-order valence-electron chi connectivity index (χ3n) is 6.05. The number of nitrogens with zero attached hydrogens (tertiary/aromatic N) is 2. The van der Waals surface area contributed by atoms with E-state index in [9.17, 15) is 19.2 Å². The highest BCUT2D eigenvalue weighted by molar-refractivity contribution is 6.06. The van der Waals surface area contributed by atoms with Crippen LogP contribution >= 0.6 is 0 Å². The van der Waals surface area contributed by atoms with Gasteiger partial charge in [0.15, 0.2) is 0 Å². The Hall–Kier alpha value is -3.68. The number of carbonyl (C=O) groups excluding carboxylic acids is 4. The normalized spacial score (nSPS) is 20.6. The second kappa shape index (κ2) is 9.85. The van der Waals surface area contributed by atoms with Gasteiger partial charge in [0, 0.05) is 26.1 Å². The predicted molar refractivity (Wildman–Crippen MR) is 123 cm³/mol. The Balaban J connectivity index is 1.48. The molecule has 2 aromatic carbocycles. The summed E-state index contributed by atoms with van der Waals surface area (Å²) in [5.74, 6) is -0.913. The summed E-state index contributed by atoms with van der Waals surface area (Å²) in [5, 5.41) is 5.44. The first kappa shape index (κ1) is 22.5. The van der Waals surface area contributed by atoms with E-state index in [-0.39, 0.29) is 24.1 Å². The van der Waals surface area contributed by atoms with Gasteiger partial charge in [-0.05, 0) is 23.1 Å². The number of piperazine rings is 1. The second-order valence-corrected chi connectivity index (χ2v) is 8.36. The maximum atomic E-state index is 13.1. The fourth-order valence-corrected chi connectivity index (χ4v) is 4.39. The fourth-order valence-electron chi connectivity index (χ4n) is 4.39. The van der Waals surface area contributed by atoms with Gasteiger partial charge in [-0.2, -0.15) is 0 Å². The molecular formula is C25H28N4O4. The van der Waals surface area contributed by atoms with Crippen molar-refractivity contribution >= 4 is 23.8 Å². The smallest absolute Gasteiger partial charge is 0.324 e. The first-order valence-corrected chi connectivity index (χ1v) is 11.3.